The molecule has 1 heterocycles. The van der Waals surface area contributed by atoms with Crippen molar-refractivity contribution in [3.63, 3.8) is 0 Å². The molecule has 106 valence electrons. The van der Waals surface area contributed by atoms with Crippen LogP contribution in [0.5, 0.6) is 0 Å². The Morgan fingerprint density at radius 3 is 2.70 bits per heavy atom. The Bertz CT molecular complexity index is 598. The second-order valence-corrected chi connectivity index (χ2v) is 5.98. The fraction of sp³-hybridized carbons (Fsp3) is 0.375. The summed E-state index contributed by atoms with van der Waals surface area (Å²) in [6.45, 7) is 4.23. The maximum atomic E-state index is 12.3. The minimum Gasteiger partial charge on any atom is -0.348 e. The first-order valence-corrected chi connectivity index (χ1v) is 7.96. The van der Waals surface area contributed by atoms with Crippen LogP contribution in [0.1, 0.15) is 30.8 Å². The van der Waals surface area contributed by atoms with Gasteiger partial charge in [0.1, 0.15) is 5.69 Å². The van der Waals surface area contributed by atoms with Crippen molar-refractivity contribution in [1.29, 1.82) is 0 Å². The maximum Gasteiger partial charge on any atom is 0.270 e. The molecule has 20 heavy (non-hydrogen) atoms. The topological polar surface area (TPSA) is 42.0 Å². The molecule has 0 saturated heterocycles. The molecule has 0 aliphatic heterocycles. The third kappa shape index (κ3) is 3.57. The third-order valence-corrected chi connectivity index (χ3v) is 3.83. The predicted molar refractivity (Wildman–Crippen MR) is 86.2 cm³/mol. The molecule has 0 bridgehead atoms. The van der Waals surface area contributed by atoms with Gasteiger partial charge in [0.15, 0.2) is 0 Å². The molecule has 2 aromatic rings. The van der Waals surface area contributed by atoms with Crippen molar-refractivity contribution in [2.45, 2.75) is 26.3 Å². The Morgan fingerprint density at radius 1 is 1.25 bits per heavy atom. The van der Waals surface area contributed by atoms with Gasteiger partial charge in [-0.25, -0.2) is 4.98 Å². The number of nitrogens with zero attached hydrogens (tertiary/aromatic N) is 1. The lowest BCUT2D eigenvalue weighted by molar-refractivity contribution is 0.0920. The van der Waals surface area contributed by atoms with Crippen LogP contribution in [-0.2, 0) is 0 Å². The quantitative estimate of drug-likeness (QED) is 0.845. The average molecular weight is 335 g/mol. The summed E-state index contributed by atoms with van der Waals surface area (Å²) in [6.07, 6.45) is 0.914. The number of carbonyl (C=O) groups excluding carboxylic acids is 1. The van der Waals surface area contributed by atoms with Crippen LogP contribution in [0.3, 0.4) is 0 Å². The highest BCUT2D eigenvalue weighted by Crippen LogP contribution is 2.13. The molecule has 0 aliphatic rings. The summed E-state index contributed by atoms with van der Waals surface area (Å²) in [7, 11) is 0. The summed E-state index contributed by atoms with van der Waals surface area (Å²) in [6, 6.07) is 11.7. The molecule has 1 aromatic heterocycles. The van der Waals surface area contributed by atoms with Crippen molar-refractivity contribution in [2.24, 2.45) is 5.92 Å². The first-order valence-electron chi connectivity index (χ1n) is 6.84. The fourth-order valence-electron chi connectivity index (χ4n) is 2.12. The Hall–Kier alpha value is -1.42. The number of benzene rings is 1. The highest BCUT2D eigenvalue weighted by Gasteiger charge is 2.17. The molecule has 3 nitrogen and oxygen atoms in total. The standard InChI is InChI=1S/C16H19BrN2O/c1-11(2)13(9-10-17)19-16(20)15-8-7-12-5-3-4-6-14(12)18-15/h3-8,11,13H,9-10H2,1-2H3,(H,19,20). The SMILES string of the molecule is CC(C)C(CCBr)NC(=O)c1ccc2ccccc2n1. The van der Waals surface area contributed by atoms with E-state index in [1.165, 1.54) is 0 Å². The van der Waals surface area contributed by atoms with E-state index >= 15 is 0 Å². The Morgan fingerprint density at radius 2 is 2.00 bits per heavy atom. The van der Waals surface area contributed by atoms with Crippen molar-refractivity contribution < 1.29 is 4.79 Å². The number of aromatic nitrogens is 1. The normalized spacial score (nSPS) is 12.6. The molecule has 4 heteroatoms. The smallest absolute Gasteiger partial charge is 0.270 e. The van der Waals surface area contributed by atoms with Gasteiger partial charge in [0, 0.05) is 16.8 Å². The van der Waals surface area contributed by atoms with Crippen LogP contribution >= 0.6 is 15.9 Å². The molecule has 0 aliphatic carbocycles. The molecule has 2 rings (SSSR count). The lowest BCUT2D eigenvalue weighted by atomic mass is 10.0. The van der Waals surface area contributed by atoms with Crippen LogP contribution < -0.4 is 5.32 Å². The zero-order chi connectivity index (χ0) is 14.5. The molecule has 0 saturated carbocycles. The number of para-hydroxylation sites is 1. The number of hydrogen-bond donors (Lipinski definition) is 1. The largest absolute Gasteiger partial charge is 0.348 e. The van der Waals surface area contributed by atoms with Gasteiger partial charge in [-0.15, -0.1) is 0 Å². The highest BCUT2D eigenvalue weighted by atomic mass is 79.9. The molecular formula is C16H19BrN2O. The number of hydrogen-bond acceptors (Lipinski definition) is 2. The Balaban J connectivity index is 2.18. The number of alkyl halides is 1. The van der Waals surface area contributed by atoms with Crippen LogP contribution in [0.4, 0.5) is 0 Å². The summed E-state index contributed by atoms with van der Waals surface area (Å²) in [5.74, 6) is 0.298. The van der Waals surface area contributed by atoms with Gasteiger partial charge in [-0.3, -0.25) is 4.79 Å². The first kappa shape index (κ1) is 15.0. The van der Waals surface area contributed by atoms with Crippen LogP contribution in [0.2, 0.25) is 0 Å². The lowest BCUT2D eigenvalue weighted by Crippen LogP contribution is -2.39. The summed E-state index contributed by atoms with van der Waals surface area (Å²) < 4.78 is 0. The van der Waals surface area contributed by atoms with Crippen LogP contribution in [0.15, 0.2) is 36.4 Å². The van der Waals surface area contributed by atoms with Crippen molar-refractivity contribution in [3.05, 3.63) is 42.1 Å². The molecule has 0 radical (unpaired) electrons. The van der Waals surface area contributed by atoms with Gasteiger partial charge in [-0.2, -0.15) is 0 Å². The fourth-order valence-corrected chi connectivity index (χ4v) is 2.62. The molecule has 0 spiro atoms. The molecule has 1 unspecified atom stereocenters. The second-order valence-electron chi connectivity index (χ2n) is 5.19. The molecular weight excluding hydrogens is 316 g/mol. The molecule has 1 aromatic carbocycles. The minimum absolute atomic E-state index is 0.101. The highest BCUT2D eigenvalue weighted by molar-refractivity contribution is 9.09. The second kappa shape index (κ2) is 6.84. The average Bonchev–Trinajstić information content (AvgIpc) is 2.46. The Kier molecular flexibility index (Phi) is 5.12. The van der Waals surface area contributed by atoms with Gasteiger partial charge in [0.05, 0.1) is 5.52 Å². The number of rotatable bonds is 5. The number of pyridine rings is 1. The van der Waals surface area contributed by atoms with E-state index in [9.17, 15) is 4.79 Å². The van der Waals surface area contributed by atoms with E-state index in [0.29, 0.717) is 11.6 Å². The number of fused-ring (bicyclic) bond motifs is 1. The number of nitrogens with one attached hydrogen (secondary N) is 1. The summed E-state index contributed by atoms with van der Waals surface area (Å²) >= 11 is 3.43. The van der Waals surface area contributed by atoms with Crippen LogP contribution in [0.25, 0.3) is 10.9 Å². The van der Waals surface area contributed by atoms with E-state index in [4.69, 9.17) is 0 Å². The van der Waals surface area contributed by atoms with E-state index in [1.54, 1.807) is 6.07 Å². The number of amides is 1. The first-order chi connectivity index (χ1) is 9.61. The van der Waals surface area contributed by atoms with E-state index in [1.807, 2.05) is 30.3 Å². The van der Waals surface area contributed by atoms with Crippen molar-refractivity contribution in [2.75, 3.05) is 5.33 Å². The summed E-state index contributed by atoms with van der Waals surface area (Å²) in [5.41, 5.74) is 1.32. The zero-order valence-electron chi connectivity index (χ0n) is 11.8. The maximum absolute atomic E-state index is 12.3. The Labute approximate surface area is 127 Å². The van der Waals surface area contributed by atoms with Gasteiger partial charge in [0.25, 0.3) is 5.91 Å². The van der Waals surface area contributed by atoms with E-state index in [-0.39, 0.29) is 11.9 Å². The molecule has 1 N–H and O–H groups in total. The third-order valence-electron chi connectivity index (χ3n) is 3.37. The lowest BCUT2D eigenvalue weighted by Gasteiger charge is -2.21. The van der Waals surface area contributed by atoms with Crippen molar-refractivity contribution in [1.82, 2.24) is 10.3 Å². The van der Waals surface area contributed by atoms with Gasteiger partial charge in [-0.05, 0) is 24.5 Å². The van der Waals surface area contributed by atoms with Crippen molar-refractivity contribution in [3.8, 4) is 0 Å². The van der Waals surface area contributed by atoms with Crippen LogP contribution in [0, 0.1) is 5.92 Å². The predicted octanol–water partition coefficient (Wildman–Crippen LogP) is 3.77. The molecule has 1 atom stereocenters. The van der Waals surface area contributed by atoms with Gasteiger partial charge < -0.3 is 5.32 Å². The minimum atomic E-state index is -0.101. The summed E-state index contributed by atoms with van der Waals surface area (Å²) in [5, 5.41) is 4.99. The van der Waals surface area contributed by atoms with Crippen LogP contribution in [-0.4, -0.2) is 22.3 Å². The molecule has 0 fully saturated rings. The zero-order valence-corrected chi connectivity index (χ0v) is 13.4. The van der Waals surface area contributed by atoms with Gasteiger partial charge in [0.2, 0.25) is 0 Å². The van der Waals surface area contributed by atoms with E-state index in [2.05, 4.69) is 40.1 Å². The molecule has 1 amide bonds. The number of carbonyl (C=O) groups is 1. The van der Waals surface area contributed by atoms with Gasteiger partial charge in [-0.1, -0.05) is 54.0 Å². The number of halogens is 1. The summed E-state index contributed by atoms with van der Waals surface area (Å²) in [4.78, 5) is 16.7. The van der Waals surface area contributed by atoms with E-state index < -0.39 is 0 Å². The monoisotopic (exact) mass is 334 g/mol. The van der Waals surface area contributed by atoms with Gasteiger partial charge >= 0.3 is 0 Å². The van der Waals surface area contributed by atoms with E-state index in [0.717, 1.165) is 22.7 Å². The van der Waals surface area contributed by atoms with Crippen molar-refractivity contribution >= 4 is 32.7 Å².